The molecule has 1 aliphatic heterocycles. The molecule has 1 fully saturated rings. The molecule has 0 saturated carbocycles. The molecule has 0 spiro atoms. The second-order valence-corrected chi connectivity index (χ2v) is 8.94. The van der Waals surface area contributed by atoms with Crippen LogP contribution < -0.4 is 5.32 Å². The van der Waals surface area contributed by atoms with Crippen molar-refractivity contribution in [1.29, 1.82) is 0 Å². The minimum atomic E-state index is -0.920. The molecule has 28 heavy (non-hydrogen) atoms. The summed E-state index contributed by atoms with van der Waals surface area (Å²) in [4.78, 5) is 14.9. The first-order valence-electron chi connectivity index (χ1n) is 10.00. The number of nitrogens with one attached hydrogen (secondary N) is 1. The molecule has 2 aromatic rings. The van der Waals surface area contributed by atoms with Crippen molar-refractivity contribution in [2.75, 3.05) is 26.2 Å². The van der Waals surface area contributed by atoms with Crippen LogP contribution >= 0.6 is 0 Å². The van der Waals surface area contributed by atoms with E-state index in [1.54, 1.807) is 19.9 Å². The lowest BCUT2D eigenvalue weighted by Crippen LogP contribution is -2.53. The number of hydrogen-bond donors (Lipinski definition) is 3. The van der Waals surface area contributed by atoms with Gasteiger partial charge in [0.2, 0.25) is 0 Å². The first-order valence-corrected chi connectivity index (χ1v) is 10.00. The monoisotopic (exact) mass is 388 g/mol. The third kappa shape index (κ3) is 4.90. The summed E-state index contributed by atoms with van der Waals surface area (Å²) in [6.45, 7) is 9.86. The first-order chi connectivity index (χ1) is 13.1. The van der Waals surface area contributed by atoms with Crippen molar-refractivity contribution in [3.63, 3.8) is 0 Å². The summed E-state index contributed by atoms with van der Waals surface area (Å²) in [5, 5.41) is 29.2. The number of aromatic nitrogens is 2. The van der Waals surface area contributed by atoms with E-state index in [9.17, 15) is 15.0 Å². The van der Waals surface area contributed by atoms with E-state index < -0.39 is 11.2 Å². The fourth-order valence-corrected chi connectivity index (χ4v) is 3.70. The van der Waals surface area contributed by atoms with Gasteiger partial charge in [-0.05, 0) is 46.6 Å². The van der Waals surface area contributed by atoms with Crippen molar-refractivity contribution in [2.24, 2.45) is 0 Å². The molecule has 0 atom stereocenters. The molecule has 0 radical (unpaired) electrons. The van der Waals surface area contributed by atoms with Gasteiger partial charge in [0.15, 0.2) is 0 Å². The Kier molecular flexibility index (Phi) is 5.79. The van der Waals surface area contributed by atoms with Crippen molar-refractivity contribution in [3.05, 3.63) is 30.0 Å². The number of likely N-dealkylation sites (tertiary alicyclic amines) is 1. The van der Waals surface area contributed by atoms with Crippen LogP contribution in [0.25, 0.3) is 10.9 Å². The zero-order valence-electron chi connectivity index (χ0n) is 17.3. The van der Waals surface area contributed by atoms with Gasteiger partial charge in [0.05, 0.1) is 16.8 Å². The first kappa shape index (κ1) is 20.8. The molecular formula is C21H32N4O3. The summed E-state index contributed by atoms with van der Waals surface area (Å²) in [5.41, 5.74) is -0.459. The molecule has 1 saturated heterocycles. The lowest BCUT2D eigenvalue weighted by atomic mass is 9.90. The van der Waals surface area contributed by atoms with E-state index in [4.69, 9.17) is 0 Å². The number of aliphatic hydroxyl groups is 2. The molecule has 1 aromatic heterocycles. The number of carbonyl (C=O) groups is 1. The van der Waals surface area contributed by atoms with Gasteiger partial charge in [-0.15, -0.1) is 0 Å². The van der Waals surface area contributed by atoms with E-state index in [0.29, 0.717) is 43.6 Å². The minimum Gasteiger partial charge on any atom is -0.389 e. The van der Waals surface area contributed by atoms with Crippen LogP contribution in [0, 0.1) is 0 Å². The van der Waals surface area contributed by atoms with Crippen molar-refractivity contribution in [1.82, 2.24) is 20.0 Å². The minimum absolute atomic E-state index is 0.212. The summed E-state index contributed by atoms with van der Waals surface area (Å²) in [7, 11) is 0. The van der Waals surface area contributed by atoms with Crippen LogP contribution in [0.1, 0.15) is 56.9 Å². The Labute approximate surface area is 166 Å². The Morgan fingerprint density at radius 1 is 1.32 bits per heavy atom. The number of carbonyl (C=O) groups excluding carboxylic acids is 1. The van der Waals surface area contributed by atoms with Gasteiger partial charge in [-0.1, -0.05) is 12.1 Å². The predicted octanol–water partition coefficient (Wildman–Crippen LogP) is 1.94. The number of amides is 1. The van der Waals surface area contributed by atoms with Gasteiger partial charge in [-0.3, -0.25) is 9.48 Å². The molecular weight excluding hydrogens is 356 g/mol. The quantitative estimate of drug-likeness (QED) is 0.704. The summed E-state index contributed by atoms with van der Waals surface area (Å²) in [6, 6.07) is 5.79. The Morgan fingerprint density at radius 2 is 2.00 bits per heavy atom. The standard InChI is InChI=1S/C21H32N4O3/c1-15(2)25-12-16-6-5-7-17(18(16)23-25)19(26)22-13-21(28)8-10-24(11-9-21)14-20(3,4)27/h5-7,12,15,27-28H,8-11,13-14H2,1-4H3,(H,22,26). The fourth-order valence-electron chi connectivity index (χ4n) is 3.70. The molecule has 1 aliphatic rings. The SMILES string of the molecule is CC(C)n1cc2cccc(C(=O)NCC3(O)CCN(CC(C)(C)O)CC3)c2n1. The van der Waals surface area contributed by atoms with E-state index in [1.165, 1.54) is 0 Å². The smallest absolute Gasteiger partial charge is 0.253 e. The number of benzene rings is 1. The van der Waals surface area contributed by atoms with Crippen LogP contribution in [0.2, 0.25) is 0 Å². The molecule has 7 heteroatoms. The number of piperidine rings is 1. The van der Waals surface area contributed by atoms with Crippen LogP contribution in [0.5, 0.6) is 0 Å². The van der Waals surface area contributed by atoms with Gasteiger partial charge in [0.25, 0.3) is 5.91 Å². The summed E-state index contributed by atoms with van der Waals surface area (Å²) < 4.78 is 1.85. The molecule has 1 amide bonds. The third-order valence-electron chi connectivity index (χ3n) is 5.30. The molecule has 3 rings (SSSR count). The molecule has 1 aromatic carbocycles. The number of β-amino-alcohol motifs (C(OH)–C–C–N with tert-alkyl or cyclic N) is 1. The Hall–Kier alpha value is -1.96. The largest absolute Gasteiger partial charge is 0.389 e. The Balaban J connectivity index is 1.62. The molecule has 7 nitrogen and oxygen atoms in total. The zero-order valence-corrected chi connectivity index (χ0v) is 17.3. The van der Waals surface area contributed by atoms with Crippen LogP contribution in [0.15, 0.2) is 24.4 Å². The summed E-state index contributed by atoms with van der Waals surface area (Å²) in [5.74, 6) is -0.216. The fraction of sp³-hybridized carbons (Fsp3) is 0.619. The van der Waals surface area contributed by atoms with Crippen molar-refractivity contribution in [3.8, 4) is 0 Å². The maximum absolute atomic E-state index is 12.8. The second kappa shape index (κ2) is 7.81. The number of rotatable bonds is 6. The molecule has 0 aliphatic carbocycles. The van der Waals surface area contributed by atoms with E-state index in [-0.39, 0.29) is 18.5 Å². The number of fused-ring (bicyclic) bond motifs is 1. The van der Waals surface area contributed by atoms with Crippen LogP contribution in [0.4, 0.5) is 0 Å². The third-order valence-corrected chi connectivity index (χ3v) is 5.30. The van der Waals surface area contributed by atoms with E-state index in [0.717, 1.165) is 5.39 Å². The normalized spacial score (nSPS) is 18.0. The van der Waals surface area contributed by atoms with Crippen molar-refractivity contribution < 1.29 is 15.0 Å². The van der Waals surface area contributed by atoms with E-state index >= 15 is 0 Å². The Morgan fingerprint density at radius 3 is 2.61 bits per heavy atom. The summed E-state index contributed by atoms with van der Waals surface area (Å²) >= 11 is 0. The van der Waals surface area contributed by atoms with E-state index in [2.05, 4.69) is 15.3 Å². The zero-order chi connectivity index (χ0) is 20.5. The maximum Gasteiger partial charge on any atom is 0.253 e. The summed E-state index contributed by atoms with van der Waals surface area (Å²) in [6.07, 6.45) is 3.08. The highest BCUT2D eigenvalue weighted by Gasteiger charge is 2.34. The van der Waals surface area contributed by atoms with Gasteiger partial charge in [-0.2, -0.15) is 5.10 Å². The topological polar surface area (TPSA) is 90.6 Å². The van der Waals surface area contributed by atoms with Gasteiger partial charge in [-0.25, -0.2) is 0 Å². The van der Waals surface area contributed by atoms with Crippen LogP contribution in [-0.4, -0.2) is 68.2 Å². The molecule has 0 bridgehead atoms. The maximum atomic E-state index is 12.8. The number of nitrogens with zero attached hydrogens (tertiary/aromatic N) is 3. The average molecular weight is 389 g/mol. The molecule has 0 unspecified atom stereocenters. The lowest BCUT2D eigenvalue weighted by Gasteiger charge is -2.40. The van der Waals surface area contributed by atoms with Crippen LogP contribution in [0.3, 0.4) is 0 Å². The van der Waals surface area contributed by atoms with E-state index in [1.807, 2.05) is 36.9 Å². The molecule has 154 valence electrons. The van der Waals surface area contributed by atoms with Crippen LogP contribution in [-0.2, 0) is 0 Å². The highest BCUT2D eigenvalue weighted by Crippen LogP contribution is 2.24. The van der Waals surface area contributed by atoms with Crippen molar-refractivity contribution >= 4 is 16.8 Å². The Bertz CT molecular complexity index is 830. The second-order valence-electron chi connectivity index (χ2n) is 8.94. The van der Waals surface area contributed by atoms with Crippen molar-refractivity contribution in [2.45, 2.75) is 57.8 Å². The molecule has 2 heterocycles. The lowest BCUT2D eigenvalue weighted by molar-refractivity contribution is -0.0399. The van der Waals surface area contributed by atoms with Gasteiger partial charge in [0.1, 0.15) is 5.52 Å². The highest BCUT2D eigenvalue weighted by atomic mass is 16.3. The average Bonchev–Trinajstić information content (AvgIpc) is 3.05. The van der Waals surface area contributed by atoms with Gasteiger partial charge in [0, 0.05) is 43.8 Å². The number of hydrogen-bond acceptors (Lipinski definition) is 5. The van der Waals surface area contributed by atoms with Gasteiger partial charge < -0.3 is 20.4 Å². The predicted molar refractivity (Wildman–Crippen MR) is 109 cm³/mol. The molecule has 3 N–H and O–H groups in total. The highest BCUT2D eigenvalue weighted by molar-refractivity contribution is 6.05. The van der Waals surface area contributed by atoms with Gasteiger partial charge >= 0.3 is 0 Å².